The summed E-state index contributed by atoms with van der Waals surface area (Å²) in [5.74, 6) is -5.48. The Morgan fingerprint density at radius 3 is 0.929 bits per heavy atom. The molecule has 0 aromatic heterocycles. The Morgan fingerprint density at radius 2 is 0.714 bits per heavy atom. The van der Waals surface area contributed by atoms with E-state index in [-0.39, 0.29) is 140 Å². The van der Waals surface area contributed by atoms with Crippen LogP contribution in [0.2, 0.25) is 0 Å². The van der Waals surface area contributed by atoms with E-state index >= 15 is 0 Å². The van der Waals surface area contributed by atoms with Gasteiger partial charge in [0.15, 0.2) is 0 Å². The average molecular weight is 420 g/mol. The molecular weight excluding hydrogens is 412 g/mol. The predicted molar refractivity (Wildman–Crippen MR) is 70.2 cm³/mol. The molecule has 0 bridgehead atoms. The average Bonchev–Trinajstić information content (AvgIpc) is 2.55. The molecule has 0 radical (unpaired) electrons. The van der Waals surface area contributed by atoms with Crippen LogP contribution in [0.15, 0.2) is 48.5 Å². The first-order valence-electron chi connectivity index (χ1n) is 6.28. The third kappa shape index (κ3) is 12.8. The molecule has 2 aromatic carbocycles. The fraction of sp³-hybridized carbons (Fsp3) is 0. The Balaban J connectivity index is -0.000000180. The number of hydrogen-bond acceptors (Lipinski definition) is 8. The van der Waals surface area contributed by atoms with Crippen LogP contribution in [0.5, 0.6) is 0 Å². The van der Waals surface area contributed by atoms with E-state index in [2.05, 4.69) is 0 Å². The van der Waals surface area contributed by atoms with Crippen LogP contribution in [0, 0.1) is 0 Å². The Morgan fingerprint density at radius 1 is 0.464 bits per heavy atom. The first-order valence-corrected chi connectivity index (χ1v) is 6.28. The maximum Gasteiger partial charge on any atom is 1.00 e. The van der Waals surface area contributed by atoms with Gasteiger partial charge < -0.3 is 39.6 Å². The molecule has 124 valence electrons. The first kappa shape index (κ1) is 35.7. The second-order valence-corrected chi connectivity index (χ2v) is 4.31. The quantitative estimate of drug-likeness (QED) is 0.441. The van der Waals surface area contributed by atoms with Crippen LogP contribution in [-0.2, 0) is 0 Å². The van der Waals surface area contributed by atoms with Crippen molar-refractivity contribution in [3.05, 3.63) is 70.8 Å². The number of carboxylic acids is 4. The Labute approximate surface area is 248 Å². The molecule has 0 amide bonds. The molecule has 0 spiro atoms. The molecule has 0 fully saturated rings. The van der Waals surface area contributed by atoms with Crippen molar-refractivity contribution < 1.29 is 158 Å². The van der Waals surface area contributed by atoms with Crippen LogP contribution in [0.4, 0.5) is 0 Å². The number of carboxylic acid groups (broad SMARTS) is 4. The fourth-order valence-corrected chi connectivity index (χ4v) is 1.52. The fourth-order valence-electron chi connectivity index (χ4n) is 1.52. The van der Waals surface area contributed by atoms with Crippen LogP contribution in [0.3, 0.4) is 0 Å². The first-order chi connectivity index (χ1) is 11.2. The second-order valence-electron chi connectivity index (χ2n) is 4.31. The third-order valence-corrected chi connectivity index (χ3v) is 2.69. The largest absolute Gasteiger partial charge is 1.00 e. The molecule has 0 atom stereocenters. The maximum absolute atomic E-state index is 10.3. The zero-order valence-corrected chi connectivity index (χ0v) is 23.9. The molecular formula is C16H8Na4O8. The van der Waals surface area contributed by atoms with Crippen molar-refractivity contribution in [2.24, 2.45) is 0 Å². The van der Waals surface area contributed by atoms with Gasteiger partial charge in [0.1, 0.15) is 0 Å². The van der Waals surface area contributed by atoms with Gasteiger partial charge in [0, 0.05) is 0 Å². The van der Waals surface area contributed by atoms with Crippen molar-refractivity contribution >= 4 is 23.9 Å². The Bertz CT molecular complexity index is 731. The SMILES string of the molecule is O=C([O-])c1ccc(C(=O)[O-])cc1.O=C([O-])c1cccc(C(=O)[O-])c1.[Na+].[Na+].[Na+].[Na+]. The smallest absolute Gasteiger partial charge is 0.545 e. The summed E-state index contributed by atoms with van der Waals surface area (Å²) in [6.45, 7) is 0. The van der Waals surface area contributed by atoms with Crippen molar-refractivity contribution in [1.82, 2.24) is 0 Å². The molecule has 0 aliphatic carbocycles. The normalized spacial score (nSPS) is 8.00. The van der Waals surface area contributed by atoms with Crippen molar-refractivity contribution in [1.29, 1.82) is 0 Å². The van der Waals surface area contributed by atoms with Crippen molar-refractivity contribution in [2.75, 3.05) is 0 Å². The molecule has 28 heavy (non-hydrogen) atoms. The minimum Gasteiger partial charge on any atom is -0.545 e. The van der Waals surface area contributed by atoms with Crippen molar-refractivity contribution in [3.63, 3.8) is 0 Å². The zero-order chi connectivity index (χ0) is 18.3. The number of carbonyl (C=O) groups is 4. The summed E-state index contributed by atoms with van der Waals surface area (Å²) in [5.41, 5.74) is -0.451. The van der Waals surface area contributed by atoms with Gasteiger partial charge in [-0.3, -0.25) is 0 Å². The number of benzene rings is 2. The van der Waals surface area contributed by atoms with Crippen LogP contribution < -0.4 is 139 Å². The molecule has 0 aliphatic heterocycles. The molecule has 12 heteroatoms. The van der Waals surface area contributed by atoms with Crippen molar-refractivity contribution in [2.45, 2.75) is 0 Å². The van der Waals surface area contributed by atoms with Gasteiger partial charge in [0.25, 0.3) is 0 Å². The molecule has 0 heterocycles. The molecule has 2 aromatic rings. The Kier molecular flexibility index (Phi) is 23.1. The number of carbonyl (C=O) groups excluding carboxylic acids is 4. The van der Waals surface area contributed by atoms with Crippen LogP contribution in [0.25, 0.3) is 0 Å². The minimum absolute atomic E-state index is 0. The van der Waals surface area contributed by atoms with Gasteiger partial charge in [-0.1, -0.05) is 42.5 Å². The predicted octanol–water partition coefficient (Wildman–Crippen LogP) is -15.2. The summed E-state index contributed by atoms with van der Waals surface area (Å²) in [5, 5.41) is 40.9. The van der Waals surface area contributed by atoms with Gasteiger partial charge in [-0.15, -0.1) is 0 Å². The third-order valence-electron chi connectivity index (χ3n) is 2.69. The van der Waals surface area contributed by atoms with E-state index in [1.165, 1.54) is 18.2 Å². The van der Waals surface area contributed by atoms with E-state index in [0.29, 0.717) is 0 Å². The molecule has 0 unspecified atom stereocenters. The van der Waals surface area contributed by atoms with E-state index in [1.807, 2.05) is 0 Å². The molecule has 0 N–H and O–H groups in total. The van der Waals surface area contributed by atoms with Gasteiger partial charge in [0.2, 0.25) is 0 Å². The standard InChI is InChI=1S/2C8H6O4.4Na/c9-7(10)5-1-2-6(4-3-5)8(11)12;9-7(10)5-2-1-3-6(4-5)8(11)12;;;;/h2*1-4H,(H,9,10)(H,11,12);;;;/q;;4*+1/p-4. The van der Waals surface area contributed by atoms with Crippen LogP contribution in [0.1, 0.15) is 41.4 Å². The van der Waals surface area contributed by atoms with Crippen LogP contribution in [-0.4, -0.2) is 23.9 Å². The summed E-state index contributed by atoms with van der Waals surface area (Å²) in [6.07, 6.45) is 0. The molecule has 8 nitrogen and oxygen atoms in total. The van der Waals surface area contributed by atoms with Gasteiger partial charge in [-0.05, 0) is 28.3 Å². The Hall–Kier alpha value is 0.320. The molecule has 0 saturated heterocycles. The monoisotopic (exact) mass is 420 g/mol. The summed E-state index contributed by atoms with van der Waals surface area (Å²) in [6, 6.07) is 9.42. The number of hydrogen-bond donors (Lipinski definition) is 0. The number of aromatic carboxylic acids is 4. The van der Waals surface area contributed by atoms with E-state index in [0.717, 1.165) is 30.3 Å². The van der Waals surface area contributed by atoms with Gasteiger partial charge in [0.05, 0.1) is 23.9 Å². The van der Waals surface area contributed by atoms with E-state index < -0.39 is 23.9 Å². The van der Waals surface area contributed by atoms with Gasteiger partial charge >= 0.3 is 118 Å². The second kappa shape index (κ2) is 18.1. The minimum atomic E-state index is -1.40. The summed E-state index contributed by atoms with van der Waals surface area (Å²) in [7, 11) is 0. The summed E-state index contributed by atoms with van der Waals surface area (Å²) in [4.78, 5) is 40.9. The topological polar surface area (TPSA) is 161 Å². The summed E-state index contributed by atoms with van der Waals surface area (Å²) >= 11 is 0. The van der Waals surface area contributed by atoms with Crippen molar-refractivity contribution in [3.8, 4) is 0 Å². The summed E-state index contributed by atoms with van der Waals surface area (Å²) < 4.78 is 0. The number of rotatable bonds is 4. The van der Waals surface area contributed by atoms with Gasteiger partial charge in [-0.25, -0.2) is 0 Å². The van der Waals surface area contributed by atoms with Gasteiger partial charge in [-0.2, -0.15) is 0 Å². The van der Waals surface area contributed by atoms with E-state index in [9.17, 15) is 39.6 Å². The van der Waals surface area contributed by atoms with E-state index in [4.69, 9.17) is 0 Å². The van der Waals surface area contributed by atoms with E-state index in [1.54, 1.807) is 0 Å². The zero-order valence-electron chi connectivity index (χ0n) is 15.9. The molecule has 0 aliphatic rings. The van der Waals surface area contributed by atoms with Crippen LogP contribution >= 0.6 is 0 Å². The molecule has 0 saturated carbocycles. The molecule has 2 rings (SSSR count). The maximum atomic E-state index is 10.3.